The first-order valence-corrected chi connectivity index (χ1v) is 12.6. The minimum atomic E-state index is -3.61. The van der Waals surface area contributed by atoms with E-state index >= 15 is 0 Å². The summed E-state index contributed by atoms with van der Waals surface area (Å²) in [6.07, 6.45) is 1.69. The molecular formula is C22H26FN3O3S2. The summed E-state index contributed by atoms with van der Waals surface area (Å²) >= 11 is 1.24. The zero-order chi connectivity index (χ0) is 22.6. The van der Waals surface area contributed by atoms with Crippen LogP contribution in [0.2, 0.25) is 0 Å². The molecule has 0 N–H and O–H groups in total. The van der Waals surface area contributed by atoms with E-state index in [-0.39, 0.29) is 16.3 Å². The maximum absolute atomic E-state index is 14.2. The third kappa shape index (κ3) is 4.78. The second kappa shape index (κ2) is 9.84. The predicted molar refractivity (Wildman–Crippen MR) is 121 cm³/mol. The first-order valence-electron chi connectivity index (χ1n) is 10.3. The van der Waals surface area contributed by atoms with Gasteiger partial charge in [0.1, 0.15) is 5.82 Å². The van der Waals surface area contributed by atoms with E-state index < -0.39 is 15.9 Å². The van der Waals surface area contributed by atoms with E-state index in [0.29, 0.717) is 34.7 Å². The highest BCUT2D eigenvalue weighted by molar-refractivity contribution is 7.89. The molecule has 0 fully saturated rings. The quantitative estimate of drug-likeness (QED) is 0.497. The van der Waals surface area contributed by atoms with Crippen molar-refractivity contribution in [1.29, 1.82) is 0 Å². The molecule has 3 rings (SSSR count). The Morgan fingerprint density at radius 1 is 1.13 bits per heavy atom. The standard InChI is InChI=1S/C22H26FN3O3S2/c1-4-7-15-25(5-2)31(28,29)17-13-11-16(12-14-17)21(27)24-22-26(6-3)20-18(23)9-8-10-19(20)30-22/h8-14H,4-7,15H2,1-3H3. The number of sulfonamides is 1. The maximum Gasteiger partial charge on any atom is 0.279 e. The molecule has 0 aliphatic rings. The maximum atomic E-state index is 14.2. The number of amides is 1. The Morgan fingerprint density at radius 3 is 2.45 bits per heavy atom. The Morgan fingerprint density at radius 2 is 1.84 bits per heavy atom. The number of para-hydroxylation sites is 1. The number of aryl methyl sites for hydroxylation is 1. The average molecular weight is 464 g/mol. The SMILES string of the molecule is CCCCN(CC)S(=O)(=O)c1ccc(C(=O)N=c2sc3cccc(F)c3n2CC)cc1. The van der Waals surface area contributed by atoms with Crippen LogP contribution in [0.5, 0.6) is 0 Å². The molecule has 6 nitrogen and oxygen atoms in total. The van der Waals surface area contributed by atoms with Gasteiger partial charge in [-0.15, -0.1) is 0 Å². The van der Waals surface area contributed by atoms with Crippen molar-refractivity contribution < 1.29 is 17.6 Å². The van der Waals surface area contributed by atoms with Crippen LogP contribution in [0.15, 0.2) is 52.4 Å². The third-order valence-corrected chi connectivity index (χ3v) is 8.05. The van der Waals surface area contributed by atoms with Crippen LogP contribution < -0.4 is 4.80 Å². The Kier molecular flexibility index (Phi) is 7.40. The number of aromatic nitrogens is 1. The second-order valence-electron chi connectivity index (χ2n) is 7.01. The zero-order valence-corrected chi connectivity index (χ0v) is 19.5. The van der Waals surface area contributed by atoms with Gasteiger partial charge in [0.05, 0.1) is 15.1 Å². The number of halogens is 1. The molecule has 0 unspecified atom stereocenters. The summed E-state index contributed by atoms with van der Waals surface area (Å²) in [6, 6.07) is 10.6. The van der Waals surface area contributed by atoms with Crippen molar-refractivity contribution in [2.24, 2.45) is 4.99 Å². The van der Waals surface area contributed by atoms with Crippen molar-refractivity contribution in [2.45, 2.75) is 45.1 Å². The number of nitrogens with zero attached hydrogens (tertiary/aromatic N) is 3. The summed E-state index contributed by atoms with van der Waals surface area (Å²) in [6.45, 7) is 7.00. The summed E-state index contributed by atoms with van der Waals surface area (Å²) in [5.41, 5.74) is 0.700. The lowest BCUT2D eigenvalue weighted by Gasteiger charge is -2.20. The highest BCUT2D eigenvalue weighted by Gasteiger charge is 2.22. The van der Waals surface area contributed by atoms with E-state index in [4.69, 9.17) is 0 Å². The van der Waals surface area contributed by atoms with E-state index in [1.807, 2.05) is 13.8 Å². The first-order chi connectivity index (χ1) is 14.8. The molecule has 0 aliphatic carbocycles. The van der Waals surface area contributed by atoms with Gasteiger partial charge in [0.15, 0.2) is 4.80 Å². The van der Waals surface area contributed by atoms with Crippen LogP contribution in [0, 0.1) is 5.82 Å². The number of rotatable bonds is 8. The van der Waals surface area contributed by atoms with Crippen LogP contribution in [-0.2, 0) is 16.6 Å². The topological polar surface area (TPSA) is 71.7 Å². The normalized spacial score (nSPS) is 12.7. The van der Waals surface area contributed by atoms with Crippen molar-refractivity contribution >= 4 is 37.5 Å². The van der Waals surface area contributed by atoms with Crippen molar-refractivity contribution in [3.8, 4) is 0 Å². The Bertz CT molecular complexity index is 1250. The molecule has 31 heavy (non-hydrogen) atoms. The molecule has 166 valence electrons. The molecule has 0 aliphatic heterocycles. The molecular weight excluding hydrogens is 437 g/mol. The highest BCUT2D eigenvalue weighted by atomic mass is 32.2. The summed E-state index contributed by atoms with van der Waals surface area (Å²) in [7, 11) is -3.61. The number of fused-ring (bicyclic) bond motifs is 1. The fourth-order valence-corrected chi connectivity index (χ4v) is 5.91. The summed E-state index contributed by atoms with van der Waals surface area (Å²) < 4.78 is 43.7. The monoisotopic (exact) mass is 463 g/mol. The summed E-state index contributed by atoms with van der Waals surface area (Å²) in [5, 5.41) is 0. The Hall–Kier alpha value is -2.36. The summed E-state index contributed by atoms with van der Waals surface area (Å²) in [4.78, 5) is 17.4. The van der Waals surface area contributed by atoms with E-state index in [0.717, 1.165) is 12.8 Å². The molecule has 1 heterocycles. The van der Waals surface area contributed by atoms with Gasteiger partial charge in [-0.1, -0.05) is 37.7 Å². The van der Waals surface area contributed by atoms with E-state index in [9.17, 15) is 17.6 Å². The minimum Gasteiger partial charge on any atom is -0.314 e. The molecule has 2 aromatic carbocycles. The lowest BCUT2D eigenvalue weighted by molar-refractivity contribution is 0.0997. The highest BCUT2D eigenvalue weighted by Crippen LogP contribution is 2.21. The van der Waals surface area contributed by atoms with Crippen LogP contribution in [-0.4, -0.2) is 36.3 Å². The smallest absolute Gasteiger partial charge is 0.279 e. The van der Waals surface area contributed by atoms with Gasteiger partial charge in [0.25, 0.3) is 5.91 Å². The van der Waals surface area contributed by atoms with Gasteiger partial charge in [-0.05, 0) is 49.7 Å². The molecule has 0 saturated carbocycles. The number of thiazole rings is 1. The van der Waals surface area contributed by atoms with Crippen LogP contribution in [0.1, 0.15) is 44.0 Å². The van der Waals surface area contributed by atoms with Crippen LogP contribution in [0.25, 0.3) is 10.2 Å². The lowest BCUT2D eigenvalue weighted by atomic mass is 10.2. The van der Waals surface area contributed by atoms with Crippen molar-refractivity contribution in [2.75, 3.05) is 13.1 Å². The number of hydrogen-bond acceptors (Lipinski definition) is 4. The van der Waals surface area contributed by atoms with Crippen LogP contribution in [0.4, 0.5) is 4.39 Å². The second-order valence-corrected chi connectivity index (χ2v) is 9.95. The predicted octanol–water partition coefficient (Wildman–Crippen LogP) is 4.41. The fraction of sp³-hybridized carbons (Fsp3) is 0.364. The Labute approximate surface area is 185 Å². The van der Waals surface area contributed by atoms with E-state index in [2.05, 4.69) is 4.99 Å². The first kappa shape index (κ1) is 23.3. The van der Waals surface area contributed by atoms with Crippen molar-refractivity contribution in [3.05, 3.63) is 58.6 Å². The molecule has 0 radical (unpaired) electrons. The number of benzene rings is 2. The van der Waals surface area contributed by atoms with E-state index in [1.165, 1.54) is 46.0 Å². The molecule has 0 atom stereocenters. The molecule has 1 aromatic heterocycles. The molecule has 0 spiro atoms. The average Bonchev–Trinajstić information content (AvgIpc) is 3.12. The van der Waals surface area contributed by atoms with Gasteiger partial charge in [0, 0.05) is 25.2 Å². The molecule has 1 amide bonds. The molecule has 9 heteroatoms. The molecule has 3 aromatic rings. The van der Waals surface area contributed by atoms with Gasteiger partial charge < -0.3 is 4.57 Å². The molecule has 0 bridgehead atoms. The van der Waals surface area contributed by atoms with E-state index in [1.54, 1.807) is 23.6 Å². The van der Waals surface area contributed by atoms with Gasteiger partial charge >= 0.3 is 0 Å². The molecule has 0 saturated heterocycles. The number of carbonyl (C=O) groups is 1. The van der Waals surface area contributed by atoms with Crippen molar-refractivity contribution in [3.63, 3.8) is 0 Å². The van der Waals surface area contributed by atoms with Crippen molar-refractivity contribution in [1.82, 2.24) is 8.87 Å². The zero-order valence-electron chi connectivity index (χ0n) is 17.8. The minimum absolute atomic E-state index is 0.148. The van der Waals surface area contributed by atoms with Crippen LogP contribution >= 0.6 is 11.3 Å². The number of carbonyl (C=O) groups excluding carboxylic acids is 1. The van der Waals surface area contributed by atoms with Crippen LogP contribution in [0.3, 0.4) is 0 Å². The van der Waals surface area contributed by atoms with Gasteiger partial charge in [-0.25, -0.2) is 12.8 Å². The fourth-order valence-electron chi connectivity index (χ4n) is 3.32. The van der Waals surface area contributed by atoms with Gasteiger partial charge in [0.2, 0.25) is 10.0 Å². The van der Waals surface area contributed by atoms with Gasteiger partial charge in [-0.2, -0.15) is 9.30 Å². The lowest BCUT2D eigenvalue weighted by Crippen LogP contribution is -2.31. The Balaban J connectivity index is 1.93. The summed E-state index contributed by atoms with van der Waals surface area (Å²) in [5.74, 6) is -0.862. The third-order valence-electron chi connectivity index (χ3n) is 5.02. The number of hydrogen-bond donors (Lipinski definition) is 0. The largest absolute Gasteiger partial charge is 0.314 e. The number of unbranched alkanes of at least 4 members (excludes halogenated alkanes) is 1. The van der Waals surface area contributed by atoms with Gasteiger partial charge in [-0.3, -0.25) is 4.79 Å².